The number of anilines is 1. The van der Waals surface area contributed by atoms with Crippen LogP contribution in [0, 0.1) is 6.92 Å². The lowest BCUT2D eigenvalue weighted by Gasteiger charge is -2.05. The van der Waals surface area contributed by atoms with Gasteiger partial charge in [0.25, 0.3) is 5.91 Å². The molecule has 0 saturated carbocycles. The molecule has 0 spiro atoms. The van der Waals surface area contributed by atoms with Crippen molar-refractivity contribution < 1.29 is 4.79 Å². The van der Waals surface area contributed by atoms with Crippen LogP contribution < -0.4 is 5.32 Å². The van der Waals surface area contributed by atoms with Crippen LogP contribution in [0.5, 0.6) is 0 Å². The average molecular weight is 364 g/mol. The molecule has 110 valence electrons. The summed E-state index contributed by atoms with van der Waals surface area (Å²) in [4.78, 5) is 14.6. The Morgan fingerprint density at radius 1 is 1.19 bits per heavy atom. The van der Waals surface area contributed by atoms with E-state index in [4.69, 9.17) is 0 Å². The van der Waals surface area contributed by atoms with Gasteiger partial charge in [-0.1, -0.05) is 28.4 Å². The number of halogens is 1. The first-order valence-corrected chi connectivity index (χ1v) is 8.93. The van der Waals surface area contributed by atoms with Crippen LogP contribution in [0.15, 0.2) is 28.7 Å². The summed E-state index contributed by atoms with van der Waals surface area (Å²) in [5.74, 6) is 0.00354. The maximum Gasteiger partial charge on any atom is 0.265 e. The van der Waals surface area contributed by atoms with Crippen LogP contribution in [0.25, 0.3) is 0 Å². The monoisotopic (exact) mass is 363 g/mol. The van der Waals surface area contributed by atoms with Gasteiger partial charge in [0, 0.05) is 15.0 Å². The maximum absolute atomic E-state index is 12.4. The molecule has 21 heavy (non-hydrogen) atoms. The van der Waals surface area contributed by atoms with Gasteiger partial charge in [0.1, 0.15) is 0 Å². The van der Waals surface area contributed by atoms with Crippen molar-refractivity contribution >= 4 is 38.9 Å². The number of rotatable bonds is 2. The lowest BCUT2D eigenvalue weighted by atomic mass is 10.1. The van der Waals surface area contributed by atoms with E-state index in [2.05, 4.69) is 27.3 Å². The van der Waals surface area contributed by atoms with E-state index in [1.807, 2.05) is 25.1 Å². The van der Waals surface area contributed by atoms with Gasteiger partial charge in [0.2, 0.25) is 0 Å². The van der Waals surface area contributed by atoms with Crippen molar-refractivity contribution in [3.8, 4) is 0 Å². The molecule has 0 bridgehead atoms. The van der Waals surface area contributed by atoms with Gasteiger partial charge in [-0.05, 0) is 61.9 Å². The predicted octanol–water partition coefficient (Wildman–Crippen LogP) is 5.34. The molecular formula is C17H18BrNOS. The van der Waals surface area contributed by atoms with Gasteiger partial charge in [0.15, 0.2) is 0 Å². The average Bonchev–Trinajstić information content (AvgIpc) is 2.74. The van der Waals surface area contributed by atoms with E-state index in [9.17, 15) is 4.79 Å². The molecule has 0 radical (unpaired) electrons. The minimum atomic E-state index is 0.00354. The zero-order chi connectivity index (χ0) is 14.8. The fraction of sp³-hybridized carbons (Fsp3) is 0.353. The minimum Gasteiger partial charge on any atom is -0.321 e. The van der Waals surface area contributed by atoms with Gasteiger partial charge in [-0.15, -0.1) is 11.3 Å². The van der Waals surface area contributed by atoms with E-state index >= 15 is 0 Å². The quantitative estimate of drug-likeness (QED) is 0.716. The third-order valence-electron chi connectivity index (χ3n) is 3.90. The van der Waals surface area contributed by atoms with Crippen molar-refractivity contribution in [2.24, 2.45) is 0 Å². The fourth-order valence-corrected chi connectivity index (χ4v) is 4.17. The molecule has 1 amide bonds. The highest BCUT2D eigenvalue weighted by Gasteiger charge is 2.16. The molecule has 0 atom stereocenters. The molecule has 0 fully saturated rings. The van der Waals surface area contributed by atoms with Crippen LogP contribution in [0.1, 0.15) is 44.9 Å². The number of fused-ring (bicyclic) bond motifs is 1. The normalized spacial score (nSPS) is 14.4. The Morgan fingerprint density at radius 3 is 2.81 bits per heavy atom. The Morgan fingerprint density at radius 2 is 2.00 bits per heavy atom. The van der Waals surface area contributed by atoms with Gasteiger partial charge in [-0.2, -0.15) is 0 Å². The number of carbonyl (C=O) groups is 1. The van der Waals surface area contributed by atoms with Crippen LogP contribution in [-0.2, 0) is 12.8 Å². The van der Waals surface area contributed by atoms with Crippen molar-refractivity contribution in [3.05, 3.63) is 49.6 Å². The fourth-order valence-electron chi connectivity index (χ4n) is 2.64. The van der Waals surface area contributed by atoms with Gasteiger partial charge in [-0.3, -0.25) is 4.79 Å². The molecule has 1 aliphatic rings. The lowest BCUT2D eigenvalue weighted by Crippen LogP contribution is -2.10. The first-order chi connectivity index (χ1) is 10.1. The number of nitrogens with one attached hydrogen (secondary N) is 1. The Bertz CT molecular complexity index is 654. The number of thiophene rings is 1. The first-order valence-electron chi connectivity index (χ1n) is 7.32. The Labute approximate surface area is 137 Å². The lowest BCUT2D eigenvalue weighted by molar-refractivity contribution is 0.103. The molecule has 0 unspecified atom stereocenters. The Balaban J connectivity index is 1.77. The third kappa shape index (κ3) is 3.38. The van der Waals surface area contributed by atoms with Gasteiger partial charge >= 0.3 is 0 Å². The summed E-state index contributed by atoms with van der Waals surface area (Å²) in [6.45, 7) is 2.03. The van der Waals surface area contributed by atoms with E-state index in [0.717, 1.165) is 33.4 Å². The molecule has 1 N–H and O–H groups in total. The molecule has 4 heteroatoms. The summed E-state index contributed by atoms with van der Waals surface area (Å²) in [7, 11) is 0. The van der Waals surface area contributed by atoms with Crippen LogP contribution in [-0.4, -0.2) is 5.91 Å². The topological polar surface area (TPSA) is 29.1 Å². The van der Waals surface area contributed by atoms with Gasteiger partial charge in [0.05, 0.1) is 4.88 Å². The Kier molecular flexibility index (Phi) is 4.45. The molecule has 2 aromatic rings. The molecular weight excluding hydrogens is 346 g/mol. The summed E-state index contributed by atoms with van der Waals surface area (Å²) >= 11 is 5.16. The molecule has 1 aromatic carbocycles. The summed E-state index contributed by atoms with van der Waals surface area (Å²) < 4.78 is 1.02. The van der Waals surface area contributed by atoms with Crippen molar-refractivity contribution in [2.45, 2.75) is 39.0 Å². The summed E-state index contributed by atoms with van der Waals surface area (Å²) in [5.41, 5.74) is 3.38. The van der Waals surface area contributed by atoms with E-state index in [1.54, 1.807) is 11.3 Å². The first kappa shape index (κ1) is 14.8. The molecule has 0 saturated heterocycles. The second-order valence-corrected chi connectivity index (χ2v) is 7.53. The van der Waals surface area contributed by atoms with Crippen molar-refractivity contribution in [1.82, 2.24) is 0 Å². The zero-order valence-corrected chi connectivity index (χ0v) is 14.4. The number of amides is 1. The number of hydrogen-bond acceptors (Lipinski definition) is 2. The third-order valence-corrected chi connectivity index (χ3v) is 5.99. The summed E-state index contributed by atoms with van der Waals surface area (Å²) in [6, 6.07) is 7.98. The minimum absolute atomic E-state index is 0.00354. The molecule has 1 aliphatic carbocycles. The number of aryl methyl sites for hydroxylation is 3. The van der Waals surface area contributed by atoms with Crippen molar-refractivity contribution in [3.63, 3.8) is 0 Å². The smallest absolute Gasteiger partial charge is 0.265 e. The van der Waals surface area contributed by atoms with Crippen LogP contribution in [0.4, 0.5) is 5.69 Å². The van der Waals surface area contributed by atoms with E-state index in [0.29, 0.717) is 0 Å². The molecule has 1 heterocycles. The number of carbonyl (C=O) groups excluding carboxylic acids is 1. The second kappa shape index (κ2) is 6.32. The van der Waals surface area contributed by atoms with E-state index in [-0.39, 0.29) is 5.91 Å². The molecule has 0 aliphatic heterocycles. The zero-order valence-electron chi connectivity index (χ0n) is 12.0. The van der Waals surface area contributed by atoms with Gasteiger partial charge in [-0.25, -0.2) is 0 Å². The highest BCUT2D eigenvalue weighted by atomic mass is 79.9. The largest absolute Gasteiger partial charge is 0.321 e. The van der Waals surface area contributed by atoms with Crippen LogP contribution in [0.3, 0.4) is 0 Å². The second-order valence-electron chi connectivity index (χ2n) is 5.54. The van der Waals surface area contributed by atoms with Crippen LogP contribution in [0.2, 0.25) is 0 Å². The van der Waals surface area contributed by atoms with E-state index in [1.165, 1.54) is 29.7 Å². The highest BCUT2D eigenvalue weighted by molar-refractivity contribution is 9.10. The summed E-state index contributed by atoms with van der Waals surface area (Å²) in [5, 5.41) is 2.99. The van der Waals surface area contributed by atoms with Crippen molar-refractivity contribution in [1.29, 1.82) is 0 Å². The standard InChI is InChI=1S/C17H18BrNOS/c1-11-7-8-13(10-14(11)18)19-17(20)16-9-12-5-3-2-4-6-15(12)21-16/h7-10H,2-6H2,1H3,(H,19,20). The molecule has 1 aromatic heterocycles. The molecule has 3 rings (SSSR count). The molecule has 2 nitrogen and oxygen atoms in total. The highest BCUT2D eigenvalue weighted by Crippen LogP contribution is 2.29. The SMILES string of the molecule is Cc1ccc(NC(=O)c2cc3c(s2)CCCCC3)cc1Br. The van der Waals surface area contributed by atoms with Crippen LogP contribution >= 0.6 is 27.3 Å². The maximum atomic E-state index is 12.4. The predicted molar refractivity (Wildman–Crippen MR) is 92.4 cm³/mol. The Hall–Kier alpha value is -1.13. The van der Waals surface area contributed by atoms with E-state index < -0.39 is 0 Å². The summed E-state index contributed by atoms with van der Waals surface area (Å²) in [6.07, 6.45) is 6.05. The van der Waals surface area contributed by atoms with Gasteiger partial charge < -0.3 is 5.32 Å². The number of benzene rings is 1. The number of hydrogen-bond donors (Lipinski definition) is 1. The van der Waals surface area contributed by atoms with Crippen molar-refractivity contribution in [2.75, 3.05) is 5.32 Å².